The Bertz CT molecular complexity index is 297. The molecule has 0 N–H and O–H groups in total. The second kappa shape index (κ2) is 6.80. The molecule has 0 saturated carbocycles. The van der Waals surface area contributed by atoms with Gasteiger partial charge in [-0.15, -0.1) is 6.42 Å². The van der Waals surface area contributed by atoms with E-state index < -0.39 is 0 Å². The van der Waals surface area contributed by atoms with Crippen LogP contribution in [0.2, 0.25) is 0 Å². The molecule has 0 amide bonds. The normalized spacial score (nSPS) is 28.8. The van der Waals surface area contributed by atoms with Gasteiger partial charge in [0.1, 0.15) is 6.61 Å². The van der Waals surface area contributed by atoms with Crippen LogP contribution in [-0.2, 0) is 14.2 Å². The summed E-state index contributed by atoms with van der Waals surface area (Å²) in [5.74, 6) is 2.51. The molecule has 2 unspecified atom stereocenters. The van der Waals surface area contributed by atoms with E-state index in [1.807, 2.05) is 0 Å². The molecule has 0 aromatic rings. The van der Waals surface area contributed by atoms with Crippen LogP contribution in [0.25, 0.3) is 0 Å². The van der Waals surface area contributed by atoms with Gasteiger partial charge in [0, 0.05) is 6.61 Å². The van der Waals surface area contributed by atoms with Crippen molar-refractivity contribution in [1.82, 2.24) is 0 Å². The molecule has 2 atom stereocenters. The summed E-state index contributed by atoms with van der Waals surface area (Å²) in [7, 11) is 0. The fraction of sp³-hybridized carbons (Fsp3) is 0.714. The van der Waals surface area contributed by atoms with Crippen LogP contribution < -0.4 is 0 Å². The van der Waals surface area contributed by atoms with E-state index in [2.05, 4.69) is 12.0 Å². The lowest BCUT2D eigenvalue weighted by molar-refractivity contribution is -0.158. The van der Waals surface area contributed by atoms with E-state index in [-0.39, 0.29) is 12.4 Å². The Hall–Kier alpha value is -0.820. The fourth-order valence-corrected chi connectivity index (χ4v) is 2.26. The summed E-state index contributed by atoms with van der Waals surface area (Å²) in [6, 6.07) is 0. The molecule has 1 aliphatic carbocycles. The lowest BCUT2D eigenvalue weighted by atomic mass is 10.2. The Morgan fingerprint density at radius 3 is 3.06 bits per heavy atom. The first-order valence-corrected chi connectivity index (χ1v) is 6.37. The number of allylic oxidation sites excluding steroid dienone is 1. The molecule has 1 saturated heterocycles. The number of ether oxygens (including phenoxy) is 3. The van der Waals surface area contributed by atoms with Gasteiger partial charge in [-0.1, -0.05) is 12.0 Å². The molecule has 0 bridgehead atoms. The van der Waals surface area contributed by atoms with Crippen molar-refractivity contribution in [1.29, 1.82) is 0 Å². The Morgan fingerprint density at radius 2 is 2.29 bits per heavy atom. The summed E-state index contributed by atoms with van der Waals surface area (Å²) in [5.41, 5.74) is 1.22. The van der Waals surface area contributed by atoms with E-state index in [0.717, 1.165) is 32.3 Å². The van der Waals surface area contributed by atoms with Crippen LogP contribution in [-0.4, -0.2) is 32.2 Å². The van der Waals surface area contributed by atoms with Gasteiger partial charge in [-0.05, 0) is 37.7 Å². The molecular weight excluding hydrogens is 216 g/mol. The average Bonchev–Trinajstić information content (AvgIpc) is 2.82. The van der Waals surface area contributed by atoms with Gasteiger partial charge >= 0.3 is 0 Å². The maximum atomic E-state index is 5.75. The van der Waals surface area contributed by atoms with Crippen molar-refractivity contribution in [2.45, 2.75) is 44.5 Å². The second-order valence-electron chi connectivity index (χ2n) is 4.47. The Kier molecular flexibility index (Phi) is 5.06. The molecule has 0 aromatic carbocycles. The van der Waals surface area contributed by atoms with Crippen LogP contribution in [0.15, 0.2) is 11.6 Å². The minimum absolute atomic E-state index is 0.0291. The first-order chi connectivity index (χ1) is 8.40. The molecule has 17 heavy (non-hydrogen) atoms. The Labute approximate surface area is 103 Å². The van der Waals surface area contributed by atoms with E-state index in [1.54, 1.807) is 0 Å². The van der Waals surface area contributed by atoms with Gasteiger partial charge in [-0.3, -0.25) is 0 Å². The zero-order chi connectivity index (χ0) is 11.9. The van der Waals surface area contributed by atoms with Gasteiger partial charge < -0.3 is 14.2 Å². The number of hydrogen-bond acceptors (Lipinski definition) is 3. The van der Waals surface area contributed by atoms with Gasteiger partial charge in [-0.2, -0.15) is 0 Å². The third-order valence-electron chi connectivity index (χ3n) is 3.19. The van der Waals surface area contributed by atoms with Crippen LogP contribution in [0.4, 0.5) is 0 Å². The standard InChI is InChI=1S/C14H20O3/c1-2-9-15-13-7-5-6-12(13)11-17-14-8-3-4-10-16-14/h1,6,13-14H,3-5,7-11H2. The topological polar surface area (TPSA) is 27.7 Å². The lowest BCUT2D eigenvalue weighted by Crippen LogP contribution is -2.25. The zero-order valence-electron chi connectivity index (χ0n) is 10.2. The number of rotatable bonds is 5. The summed E-state index contributed by atoms with van der Waals surface area (Å²) >= 11 is 0. The maximum absolute atomic E-state index is 5.75. The quantitative estimate of drug-likeness (QED) is 0.541. The highest BCUT2D eigenvalue weighted by molar-refractivity contribution is 5.15. The Morgan fingerprint density at radius 1 is 1.35 bits per heavy atom. The first kappa shape index (κ1) is 12.6. The largest absolute Gasteiger partial charge is 0.361 e. The number of terminal acetylenes is 1. The van der Waals surface area contributed by atoms with Crippen molar-refractivity contribution in [3.05, 3.63) is 11.6 Å². The number of hydrogen-bond donors (Lipinski definition) is 0. The van der Waals surface area contributed by atoms with Crippen molar-refractivity contribution < 1.29 is 14.2 Å². The predicted octanol–water partition coefficient (Wildman–Crippen LogP) is 2.27. The smallest absolute Gasteiger partial charge is 0.158 e. The van der Waals surface area contributed by atoms with Crippen molar-refractivity contribution in [3.8, 4) is 12.3 Å². The molecule has 94 valence electrons. The van der Waals surface area contributed by atoms with Crippen LogP contribution in [0.1, 0.15) is 32.1 Å². The Balaban J connectivity index is 1.72. The molecule has 0 spiro atoms. The fourth-order valence-electron chi connectivity index (χ4n) is 2.26. The van der Waals surface area contributed by atoms with Gasteiger partial charge in [0.15, 0.2) is 6.29 Å². The van der Waals surface area contributed by atoms with E-state index >= 15 is 0 Å². The van der Waals surface area contributed by atoms with E-state index in [4.69, 9.17) is 20.6 Å². The average molecular weight is 236 g/mol. The predicted molar refractivity (Wildman–Crippen MR) is 65.4 cm³/mol. The highest BCUT2D eigenvalue weighted by Gasteiger charge is 2.22. The monoisotopic (exact) mass is 236 g/mol. The molecule has 1 heterocycles. The summed E-state index contributed by atoms with van der Waals surface area (Å²) in [4.78, 5) is 0. The molecule has 3 nitrogen and oxygen atoms in total. The molecule has 3 heteroatoms. The van der Waals surface area contributed by atoms with Gasteiger partial charge in [0.2, 0.25) is 0 Å². The minimum atomic E-state index is -0.0291. The van der Waals surface area contributed by atoms with Crippen molar-refractivity contribution in [2.24, 2.45) is 0 Å². The van der Waals surface area contributed by atoms with Crippen LogP contribution >= 0.6 is 0 Å². The van der Waals surface area contributed by atoms with Crippen molar-refractivity contribution >= 4 is 0 Å². The maximum Gasteiger partial charge on any atom is 0.158 e. The first-order valence-electron chi connectivity index (χ1n) is 6.37. The van der Waals surface area contributed by atoms with Gasteiger partial charge in [0.25, 0.3) is 0 Å². The molecular formula is C14H20O3. The molecule has 0 radical (unpaired) electrons. The third-order valence-corrected chi connectivity index (χ3v) is 3.19. The summed E-state index contributed by atoms with van der Waals surface area (Å²) in [6.07, 6.45) is 12.9. The van der Waals surface area contributed by atoms with Crippen LogP contribution in [0, 0.1) is 12.3 Å². The molecule has 2 aliphatic rings. The SMILES string of the molecule is C#CCOC1CCC=C1COC1CCCCO1. The van der Waals surface area contributed by atoms with E-state index in [9.17, 15) is 0 Å². The van der Waals surface area contributed by atoms with E-state index in [1.165, 1.54) is 12.0 Å². The zero-order valence-corrected chi connectivity index (χ0v) is 10.2. The van der Waals surface area contributed by atoms with E-state index in [0.29, 0.717) is 13.2 Å². The van der Waals surface area contributed by atoms with Gasteiger partial charge in [0.05, 0.1) is 12.7 Å². The molecule has 1 fully saturated rings. The molecule has 2 rings (SSSR count). The summed E-state index contributed by atoms with van der Waals surface area (Å²) in [5, 5.41) is 0. The minimum Gasteiger partial charge on any atom is -0.361 e. The highest BCUT2D eigenvalue weighted by atomic mass is 16.7. The third kappa shape index (κ3) is 3.85. The van der Waals surface area contributed by atoms with Crippen molar-refractivity contribution in [3.63, 3.8) is 0 Å². The molecule has 0 aromatic heterocycles. The van der Waals surface area contributed by atoms with Crippen LogP contribution in [0.3, 0.4) is 0 Å². The van der Waals surface area contributed by atoms with Crippen molar-refractivity contribution in [2.75, 3.05) is 19.8 Å². The summed E-state index contributed by atoms with van der Waals surface area (Å²) < 4.78 is 16.9. The molecule has 1 aliphatic heterocycles. The second-order valence-corrected chi connectivity index (χ2v) is 4.47. The lowest BCUT2D eigenvalue weighted by Gasteiger charge is -2.24. The van der Waals surface area contributed by atoms with Crippen LogP contribution in [0.5, 0.6) is 0 Å². The van der Waals surface area contributed by atoms with Gasteiger partial charge in [-0.25, -0.2) is 0 Å². The highest BCUT2D eigenvalue weighted by Crippen LogP contribution is 2.23. The summed E-state index contributed by atoms with van der Waals surface area (Å²) in [6.45, 7) is 1.81.